The number of benzene rings is 1. The fourth-order valence-corrected chi connectivity index (χ4v) is 1.60. The molecule has 0 heterocycles. The zero-order valence-electron chi connectivity index (χ0n) is 7.59. The fourth-order valence-electron chi connectivity index (χ4n) is 0.959. The third-order valence-corrected chi connectivity index (χ3v) is 2.12. The number of ether oxygens (including phenoxy) is 2. The van der Waals surface area contributed by atoms with E-state index < -0.39 is 0 Å². The lowest BCUT2D eigenvalue weighted by molar-refractivity contribution is 0.0512. The number of halogens is 2. The van der Waals surface area contributed by atoms with E-state index in [1.54, 1.807) is 12.1 Å². The van der Waals surface area contributed by atoms with Gasteiger partial charge in [-0.15, -0.1) is 0 Å². The standard InChI is InChI=1S/C9H10Cl2O3/c1-13-5-14-9-7(10)2-6(4-12)3-8(9)11/h2-3,12H,4-5H2,1H3. The van der Waals surface area contributed by atoms with E-state index in [0.717, 1.165) is 0 Å². The van der Waals surface area contributed by atoms with Crippen LogP contribution in [0, 0.1) is 0 Å². The lowest BCUT2D eigenvalue weighted by atomic mass is 10.2. The normalized spacial score (nSPS) is 10.3. The van der Waals surface area contributed by atoms with E-state index in [1.807, 2.05) is 0 Å². The Bertz CT molecular complexity index is 292. The van der Waals surface area contributed by atoms with E-state index in [2.05, 4.69) is 0 Å². The van der Waals surface area contributed by atoms with Gasteiger partial charge in [-0.3, -0.25) is 0 Å². The van der Waals surface area contributed by atoms with E-state index in [0.29, 0.717) is 21.4 Å². The molecule has 1 aromatic rings. The highest BCUT2D eigenvalue weighted by Gasteiger charge is 2.08. The average Bonchev–Trinajstić information content (AvgIpc) is 2.16. The summed E-state index contributed by atoms with van der Waals surface area (Å²) in [6.45, 7) is -0.0259. The van der Waals surface area contributed by atoms with Gasteiger partial charge in [0, 0.05) is 7.11 Å². The van der Waals surface area contributed by atoms with Gasteiger partial charge in [-0.25, -0.2) is 0 Å². The predicted octanol–water partition coefficient (Wildman–Crippen LogP) is 2.47. The largest absolute Gasteiger partial charge is 0.464 e. The maximum Gasteiger partial charge on any atom is 0.188 e. The maximum absolute atomic E-state index is 8.87. The second-order valence-electron chi connectivity index (χ2n) is 2.60. The van der Waals surface area contributed by atoms with Gasteiger partial charge in [0.2, 0.25) is 0 Å². The molecule has 0 saturated carbocycles. The minimum atomic E-state index is -0.107. The number of methoxy groups -OCH3 is 1. The molecule has 1 rings (SSSR count). The first-order chi connectivity index (χ1) is 6.69. The molecular weight excluding hydrogens is 227 g/mol. The van der Waals surface area contributed by atoms with Crippen molar-refractivity contribution in [1.82, 2.24) is 0 Å². The zero-order chi connectivity index (χ0) is 10.6. The molecule has 14 heavy (non-hydrogen) atoms. The molecule has 0 amide bonds. The van der Waals surface area contributed by atoms with E-state index in [4.69, 9.17) is 37.8 Å². The molecule has 0 fully saturated rings. The quantitative estimate of drug-likeness (QED) is 0.817. The second kappa shape index (κ2) is 5.41. The van der Waals surface area contributed by atoms with Crippen LogP contribution in [0.5, 0.6) is 5.75 Å². The van der Waals surface area contributed by atoms with Crippen LogP contribution in [0.15, 0.2) is 12.1 Å². The summed E-state index contributed by atoms with van der Waals surface area (Å²) in [5.74, 6) is 0.368. The number of rotatable bonds is 4. The Kier molecular flexibility index (Phi) is 4.48. The third kappa shape index (κ3) is 2.75. The van der Waals surface area contributed by atoms with Crippen LogP contribution in [0.25, 0.3) is 0 Å². The minimum absolute atomic E-state index is 0.0813. The molecule has 78 valence electrons. The number of aliphatic hydroxyl groups excluding tert-OH is 1. The van der Waals surface area contributed by atoms with E-state index in [9.17, 15) is 0 Å². The lowest BCUT2D eigenvalue weighted by Crippen LogP contribution is -2.00. The van der Waals surface area contributed by atoms with Crippen LogP contribution in [0.4, 0.5) is 0 Å². The van der Waals surface area contributed by atoms with Crippen molar-refractivity contribution >= 4 is 23.2 Å². The zero-order valence-corrected chi connectivity index (χ0v) is 9.10. The summed E-state index contributed by atoms with van der Waals surface area (Å²) >= 11 is 11.7. The smallest absolute Gasteiger partial charge is 0.188 e. The number of aliphatic hydroxyl groups is 1. The van der Waals surface area contributed by atoms with E-state index in [1.165, 1.54) is 7.11 Å². The van der Waals surface area contributed by atoms with Crippen LogP contribution >= 0.6 is 23.2 Å². The van der Waals surface area contributed by atoms with Gasteiger partial charge in [0.15, 0.2) is 12.5 Å². The van der Waals surface area contributed by atoms with Gasteiger partial charge in [-0.2, -0.15) is 0 Å². The van der Waals surface area contributed by atoms with Crippen molar-refractivity contribution in [3.63, 3.8) is 0 Å². The molecule has 0 bridgehead atoms. The molecule has 0 aliphatic heterocycles. The molecule has 1 N–H and O–H groups in total. The Morgan fingerprint density at radius 2 is 1.86 bits per heavy atom. The Morgan fingerprint density at radius 3 is 2.29 bits per heavy atom. The molecule has 0 radical (unpaired) electrons. The summed E-state index contributed by atoms with van der Waals surface area (Å²) in [6.07, 6.45) is 0. The van der Waals surface area contributed by atoms with Gasteiger partial charge in [0.25, 0.3) is 0 Å². The van der Waals surface area contributed by atoms with E-state index in [-0.39, 0.29) is 13.4 Å². The Labute approximate surface area is 92.2 Å². The topological polar surface area (TPSA) is 38.7 Å². The molecule has 0 saturated heterocycles. The molecule has 0 atom stereocenters. The van der Waals surface area contributed by atoms with Crippen molar-refractivity contribution < 1.29 is 14.6 Å². The molecule has 3 nitrogen and oxygen atoms in total. The van der Waals surface area contributed by atoms with Crippen LogP contribution in [0.3, 0.4) is 0 Å². The predicted molar refractivity (Wildman–Crippen MR) is 54.9 cm³/mol. The summed E-state index contributed by atoms with van der Waals surface area (Å²) in [7, 11) is 1.50. The highest BCUT2D eigenvalue weighted by Crippen LogP contribution is 2.34. The van der Waals surface area contributed by atoms with Crippen LogP contribution in [-0.2, 0) is 11.3 Å². The monoisotopic (exact) mass is 236 g/mol. The lowest BCUT2D eigenvalue weighted by Gasteiger charge is -2.09. The van der Waals surface area contributed by atoms with Gasteiger partial charge < -0.3 is 14.6 Å². The fraction of sp³-hybridized carbons (Fsp3) is 0.333. The maximum atomic E-state index is 8.87. The Balaban J connectivity index is 2.93. The van der Waals surface area contributed by atoms with Crippen molar-refractivity contribution in [2.45, 2.75) is 6.61 Å². The summed E-state index contributed by atoms with van der Waals surface area (Å²) in [5.41, 5.74) is 0.643. The van der Waals surface area contributed by atoms with Gasteiger partial charge in [-0.1, -0.05) is 23.2 Å². The van der Waals surface area contributed by atoms with Gasteiger partial charge >= 0.3 is 0 Å². The van der Waals surface area contributed by atoms with Crippen LogP contribution in [0.2, 0.25) is 10.0 Å². The first-order valence-corrected chi connectivity index (χ1v) is 4.65. The minimum Gasteiger partial charge on any atom is -0.464 e. The average molecular weight is 237 g/mol. The molecule has 0 unspecified atom stereocenters. The second-order valence-corrected chi connectivity index (χ2v) is 3.41. The molecule has 1 aromatic carbocycles. The van der Waals surface area contributed by atoms with Gasteiger partial charge in [-0.05, 0) is 17.7 Å². The number of hydrogen-bond acceptors (Lipinski definition) is 3. The Hall–Kier alpha value is -0.480. The highest BCUT2D eigenvalue weighted by atomic mass is 35.5. The van der Waals surface area contributed by atoms with E-state index >= 15 is 0 Å². The van der Waals surface area contributed by atoms with Crippen LogP contribution < -0.4 is 4.74 Å². The number of hydrogen-bond donors (Lipinski definition) is 1. The molecular formula is C9H10Cl2O3. The van der Waals surface area contributed by atoms with Crippen LogP contribution in [0.1, 0.15) is 5.56 Å². The Morgan fingerprint density at radius 1 is 1.29 bits per heavy atom. The van der Waals surface area contributed by atoms with Crippen molar-refractivity contribution in [3.8, 4) is 5.75 Å². The van der Waals surface area contributed by atoms with Crippen molar-refractivity contribution in [1.29, 1.82) is 0 Å². The van der Waals surface area contributed by atoms with Crippen molar-refractivity contribution in [2.75, 3.05) is 13.9 Å². The summed E-state index contributed by atoms with van der Waals surface area (Å²) < 4.78 is 9.87. The first-order valence-electron chi connectivity index (χ1n) is 3.89. The first kappa shape index (κ1) is 11.6. The highest BCUT2D eigenvalue weighted by molar-refractivity contribution is 6.37. The molecule has 0 aliphatic rings. The summed E-state index contributed by atoms with van der Waals surface area (Å²) in [4.78, 5) is 0. The SMILES string of the molecule is COCOc1c(Cl)cc(CO)cc1Cl. The van der Waals surface area contributed by atoms with Gasteiger partial charge in [0.1, 0.15) is 0 Å². The van der Waals surface area contributed by atoms with Gasteiger partial charge in [0.05, 0.1) is 16.7 Å². The summed E-state index contributed by atoms with van der Waals surface area (Å²) in [5, 5.41) is 9.59. The summed E-state index contributed by atoms with van der Waals surface area (Å²) in [6, 6.07) is 3.19. The molecule has 0 aliphatic carbocycles. The molecule has 5 heteroatoms. The van der Waals surface area contributed by atoms with Crippen molar-refractivity contribution in [3.05, 3.63) is 27.7 Å². The van der Waals surface area contributed by atoms with Crippen LogP contribution in [-0.4, -0.2) is 19.0 Å². The molecule has 0 spiro atoms. The molecule has 0 aromatic heterocycles. The van der Waals surface area contributed by atoms with Crippen molar-refractivity contribution in [2.24, 2.45) is 0 Å². The third-order valence-electron chi connectivity index (χ3n) is 1.56.